The van der Waals surface area contributed by atoms with Gasteiger partial charge in [0.25, 0.3) is 0 Å². The molecule has 1 aromatic heterocycles. The van der Waals surface area contributed by atoms with E-state index < -0.39 is 12.8 Å². The third kappa shape index (κ3) is 8.11. The Balaban J connectivity index is 2.14. The number of halogens is 3. The van der Waals surface area contributed by atoms with Crippen LogP contribution in [-0.2, 0) is 17.8 Å². The molecular formula is C12H21F3N4O. The second-order valence-corrected chi connectivity index (χ2v) is 4.97. The summed E-state index contributed by atoms with van der Waals surface area (Å²) in [6.07, 6.45) is -2.21. The normalized spacial score (nSPS) is 12.3. The number of nitrogens with one attached hydrogen (secondary N) is 1. The van der Waals surface area contributed by atoms with Gasteiger partial charge < -0.3 is 10.1 Å². The largest absolute Gasteiger partial charge is 0.411 e. The Bertz CT molecular complexity index is 379. The first-order chi connectivity index (χ1) is 9.37. The lowest BCUT2D eigenvalue weighted by Gasteiger charge is -2.07. The van der Waals surface area contributed by atoms with Gasteiger partial charge in [0.05, 0.1) is 6.54 Å². The molecule has 0 saturated heterocycles. The molecule has 0 spiro atoms. The van der Waals surface area contributed by atoms with Crippen molar-refractivity contribution in [1.29, 1.82) is 0 Å². The first kappa shape index (κ1) is 16.9. The molecule has 1 N–H and O–H groups in total. The molecule has 0 aliphatic carbocycles. The van der Waals surface area contributed by atoms with E-state index >= 15 is 0 Å². The molecule has 0 fully saturated rings. The summed E-state index contributed by atoms with van der Waals surface area (Å²) in [7, 11) is 0. The Kier molecular flexibility index (Phi) is 6.94. The minimum atomic E-state index is -4.26. The van der Waals surface area contributed by atoms with Crippen molar-refractivity contribution in [3.05, 3.63) is 12.2 Å². The van der Waals surface area contributed by atoms with Crippen LogP contribution in [0.5, 0.6) is 0 Å². The molecule has 5 nitrogen and oxygen atoms in total. The number of aromatic nitrogens is 3. The maximum atomic E-state index is 11.8. The molecule has 0 radical (unpaired) electrons. The Labute approximate surface area is 116 Å². The summed E-state index contributed by atoms with van der Waals surface area (Å²) in [6.45, 7) is 5.06. The average molecular weight is 294 g/mol. The van der Waals surface area contributed by atoms with Gasteiger partial charge in [-0.1, -0.05) is 13.8 Å². The van der Waals surface area contributed by atoms with Crippen LogP contribution in [0, 0.1) is 5.92 Å². The standard InChI is InChI=1S/C12H21F3N4O/c1-10(2)6-16-7-11-17-9-19(18-11)4-3-5-20-8-12(13,14)15/h9-10,16H,3-8H2,1-2H3. The zero-order valence-electron chi connectivity index (χ0n) is 11.8. The van der Waals surface area contributed by atoms with Crippen LogP contribution in [0.3, 0.4) is 0 Å². The lowest BCUT2D eigenvalue weighted by atomic mass is 10.2. The number of nitrogens with zero attached hydrogens (tertiary/aromatic N) is 3. The molecule has 0 atom stereocenters. The first-order valence-corrected chi connectivity index (χ1v) is 6.60. The Morgan fingerprint density at radius 2 is 2.15 bits per heavy atom. The highest BCUT2D eigenvalue weighted by molar-refractivity contribution is 4.80. The number of hydrogen-bond acceptors (Lipinski definition) is 4. The fourth-order valence-corrected chi connectivity index (χ4v) is 1.51. The lowest BCUT2D eigenvalue weighted by molar-refractivity contribution is -0.174. The van der Waals surface area contributed by atoms with E-state index in [2.05, 4.69) is 34.0 Å². The van der Waals surface area contributed by atoms with E-state index in [0.717, 1.165) is 6.54 Å². The second-order valence-electron chi connectivity index (χ2n) is 4.97. The summed E-state index contributed by atoms with van der Waals surface area (Å²) < 4.78 is 41.6. The highest BCUT2D eigenvalue weighted by Gasteiger charge is 2.27. The fourth-order valence-electron chi connectivity index (χ4n) is 1.51. The molecule has 0 bridgehead atoms. The summed E-state index contributed by atoms with van der Waals surface area (Å²) in [5, 5.41) is 7.44. The fraction of sp³-hybridized carbons (Fsp3) is 0.833. The van der Waals surface area contributed by atoms with Crippen molar-refractivity contribution in [2.45, 2.75) is 39.5 Å². The highest BCUT2D eigenvalue weighted by atomic mass is 19.4. The third-order valence-corrected chi connectivity index (χ3v) is 2.36. The van der Waals surface area contributed by atoms with Crippen LogP contribution in [0.4, 0.5) is 13.2 Å². The summed E-state index contributed by atoms with van der Waals surface area (Å²) in [4.78, 5) is 4.12. The quantitative estimate of drug-likeness (QED) is 0.708. The molecule has 0 unspecified atom stereocenters. The topological polar surface area (TPSA) is 52.0 Å². The maximum absolute atomic E-state index is 11.8. The summed E-state index contributed by atoms with van der Waals surface area (Å²) in [5.41, 5.74) is 0. The Morgan fingerprint density at radius 3 is 2.80 bits per heavy atom. The van der Waals surface area contributed by atoms with E-state index in [4.69, 9.17) is 0 Å². The van der Waals surface area contributed by atoms with Gasteiger partial charge >= 0.3 is 6.18 Å². The molecule has 0 amide bonds. The zero-order chi connectivity index (χ0) is 15.0. The van der Waals surface area contributed by atoms with Gasteiger partial charge in [0.2, 0.25) is 0 Å². The lowest BCUT2D eigenvalue weighted by Crippen LogP contribution is -2.20. The van der Waals surface area contributed by atoms with Crippen molar-refractivity contribution in [2.24, 2.45) is 5.92 Å². The third-order valence-electron chi connectivity index (χ3n) is 2.36. The molecule has 20 heavy (non-hydrogen) atoms. The molecule has 0 saturated carbocycles. The maximum Gasteiger partial charge on any atom is 0.411 e. The smallest absolute Gasteiger partial charge is 0.372 e. The van der Waals surface area contributed by atoms with E-state index in [1.165, 1.54) is 0 Å². The van der Waals surface area contributed by atoms with E-state index in [1.807, 2.05) is 0 Å². The molecule has 1 aromatic rings. The van der Waals surface area contributed by atoms with Gasteiger partial charge in [0, 0.05) is 13.2 Å². The zero-order valence-corrected chi connectivity index (χ0v) is 11.8. The van der Waals surface area contributed by atoms with Gasteiger partial charge in [-0.2, -0.15) is 18.3 Å². The number of alkyl halides is 3. The van der Waals surface area contributed by atoms with Crippen LogP contribution in [0.15, 0.2) is 6.33 Å². The van der Waals surface area contributed by atoms with Gasteiger partial charge in [0.15, 0.2) is 5.82 Å². The van der Waals surface area contributed by atoms with Crippen molar-refractivity contribution in [3.8, 4) is 0 Å². The highest BCUT2D eigenvalue weighted by Crippen LogP contribution is 2.14. The number of hydrogen-bond donors (Lipinski definition) is 1. The van der Waals surface area contributed by atoms with E-state index in [9.17, 15) is 13.2 Å². The van der Waals surface area contributed by atoms with Gasteiger partial charge in [-0.25, -0.2) is 4.98 Å². The number of ether oxygens (including phenoxy) is 1. The van der Waals surface area contributed by atoms with Crippen molar-refractivity contribution < 1.29 is 17.9 Å². The first-order valence-electron chi connectivity index (χ1n) is 6.60. The predicted octanol–water partition coefficient (Wildman–Crippen LogP) is 1.99. The van der Waals surface area contributed by atoms with Gasteiger partial charge in [-0.05, 0) is 18.9 Å². The minimum Gasteiger partial charge on any atom is -0.372 e. The van der Waals surface area contributed by atoms with Crippen molar-refractivity contribution >= 4 is 0 Å². The van der Waals surface area contributed by atoms with Crippen LogP contribution >= 0.6 is 0 Å². The molecule has 1 rings (SSSR count). The van der Waals surface area contributed by atoms with Crippen LogP contribution in [0.2, 0.25) is 0 Å². The van der Waals surface area contributed by atoms with Crippen LogP contribution in [0.1, 0.15) is 26.1 Å². The van der Waals surface area contributed by atoms with Crippen molar-refractivity contribution in [2.75, 3.05) is 19.8 Å². The molecule has 0 aliphatic rings. The van der Waals surface area contributed by atoms with Crippen LogP contribution in [0.25, 0.3) is 0 Å². The second kappa shape index (κ2) is 8.21. The molecule has 1 heterocycles. The summed E-state index contributed by atoms with van der Waals surface area (Å²) in [5.74, 6) is 1.24. The van der Waals surface area contributed by atoms with Gasteiger partial charge in [-0.3, -0.25) is 4.68 Å². The monoisotopic (exact) mass is 294 g/mol. The van der Waals surface area contributed by atoms with E-state index in [1.54, 1.807) is 11.0 Å². The Morgan fingerprint density at radius 1 is 1.40 bits per heavy atom. The molecule has 0 aliphatic heterocycles. The van der Waals surface area contributed by atoms with E-state index in [-0.39, 0.29) is 6.61 Å². The summed E-state index contributed by atoms with van der Waals surface area (Å²) >= 11 is 0. The average Bonchev–Trinajstić information content (AvgIpc) is 2.74. The predicted molar refractivity (Wildman–Crippen MR) is 68.1 cm³/mol. The van der Waals surface area contributed by atoms with Crippen LogP contribution < -0.4 is 5.32 Å². The molecule has 8 heteroatoms. The molecule has 0 aromatic carbocycles. The van der Waals surface area contributed by atoms with Crippen molar-refractivity contribution in [1.82, 2.24) is 20.1 Å². The van der Waals surface area contributed by atoms with Crippen LogP contribution in [-0.4, -0.2) is 40.7 Å². The molecule has 116 valence electrons. The van der Waals surface area contributed by atoms with Crippen molar-refractivity contribution in [3.63, 3.8) is 0 Å². The number of aryl methyl sites for hydroxylation is 1. The SMILES string of the molecule is CC(C)CNCc1ncn(CCCOCC(F)(F)F)n1. The van der Waals surface area contributed by atoms with Gasteiger partial charge in [-0.15, -0.1) is 0 Å². The molecular weight excluding hydrogens is 273 g/mol. The Hall–Kier alpha value is -1.15. The van der Waals surface area contributed by atoms with E-state index in [0.29, 0.717) is 31.3 Å². The van der Waals surface area contributed by atoms with Gasteiger partial charge in [0.1, 0.15) is 12.9 Å². The number of rotatable bonds is 9. The minimum absolute atomic E-state index is 0.0559. The summed E-state index contributed by atoms with van der Waals surface area (Å²) in [6, 6.07) is 0.